The van der Waals surface area contributed by atoms with Gasteiger partial charge in [0.25, 0.3) is 5.91 Å². The Labute approximate surface area is 183 Å². The molecule has 162 valence electrons. The maximum atomic E-state index is 12.4. The summed E-state index contributed by atoms with van der Waals surface area (Å²) in [4.78, 5) is 34.1. The van der Waals surface area contributed by atoms with E-state index < -0.39 is 4.92 Å². The second-order valence-corrected chi connectivity index (χ2v) is 8.77. The minimum absolute atomic E-state index is 0.0227. The molecule has 1 saturated carbocycles. The molecule has 9 nitrogen and oxygen atoms in total. The monoisotopic (exact) mass is 440 g/mol. The molecule has 0 spiro atoms. The minimum atomic E-state index is -0.477. The first-order valence-corrected chi connectivity index (χ1v) is 11.0. The van der Waals surface area contributed by atoms with Crippen LogP contribution in [0.4, 0.5) is 16.8 Å². The van der Waals surface area contributed by atoms with E-state index in [0.717, 1.165) is 53.7 Å². The van der Waals surface area contributed by atoms with E-state index >= 15 is 0 Å². The summed E-state index contributed by atoms with van der Waals surface area (Å²) in [5.41, 5.74) is 1.24. The molecule has 3 aromatic rings. The van der Waals surface area contributed by atoms with Gasteiger partial charge in [-0.05, 0) is 37.8 Å². The molecular weight excluding hydrogens is 416 g/mol. The second-order valence-electron chi connectivity index (χ2n) is 7.88. The Balaban J connectivity index is 1.36. The summed E-state index contributed by atoms with van der Waals surface area (Å²) in [5, 5.41) is 19.8. The summed E-state index contributed by atoms with van der Waals surface area (Å²) >= 11 is 0.966. The summed E-state index contributed by atoms with van der Waals surface area (Å²) in [5.74, 6) is 1.23. The number of rotatable bonds is 6. The number of aromatic nitrogens is 2. The fourth-order valence-electron chi connectivity index (χ4n) is 3.84. The first-order chi connectivity index (χ1) is 14.9. The van der Waals surface area contributed by atoms with Gasteiger partial charge >= 0.3 is 5.00 Å². The molecule has 0 saturated heterocycles. The van der Waals surface area contributed by atoms with E-state index in [4.69, 9.17) is 4.98 Å². The Morgan fingerprint density at radius 1 is 1.16 bits per heavy atom. The van der Waals surface area contributed by atoms with Gasteiger partial charge in [0.2, 0.25) is 5.95 Å². The standard InChI is InChI=1S/C21H24N6O3S/c1-26(2)19-16-5-3-4-6-17(16)24-21(25-19)23-15-9-7-14(8-10-15)22-20(28)13-11-18(27(29)30)31-12-13/h3-6,11-12,14-15H,7-10H2,1-2H3,(H,22,28)(H,23,24,25)/t14-,15+. The minimum Gasteiger partial charge on any atom is -0.362 e. The van der Waals surface area contributed by atoms with Crippen LogP contribution in [-0.2, 0) is 0 Å². The third-order valence-corrected chi connectivity index (χ3v) is 6.31. The van der Waals surface area contributed by atoms with Crippen LogP contribution in [0.15, 0.2) is 35.7 Å². The van der Waals surface area contributed by atoms with Crippen LogP contribution in [-0.4, -0.2) is 47.0 Å². The van der Waals surface area contributed by atoms with E-state index in [2.05, 4.69) is 15.6 Å². The lowest BCUT2D eigenvalue weighted by Gasteiger charge is -2.30. The van der Waals surface area contributed by atoms with Crippen molar-refractivity contribution in [2.24, 2.45) is 0 Å². The van der Waals surface area contributed by atoms with Gasteiger partial charge in [-0.25, -0.2) is 4.98 Å². The smallest absolute Gasteiger partial charge is 0.324 e. The summed E-state index contributed by atoms with van der Waals surface area (Å²) in [6.45, 7) is 0. The highest BCUT2D eigenvalue weighted by Crippen LogP contribution is 2.27. The van der Waals surface area contributed by atoms with Crippen LogP contribution in [0.3, 0.4) is 0 Å². The van der Waals surface area contributed by atoms with E-state index in [1.807, 2.05) is 43.3 Å². The molecule has 2 aromatic heterocycles. The van der Waals surface area contributed by atoms with Crippen molar-refractivity contribution < 1.29 is 9.72 Å². The highest BCUT2D eigenvalue weighted by molar-refractivity contribution is 7.13. The largest absolute Gasteiger partial charge is 0.362 e. The average Bonchev–Trinajstić information content (AvgIpc) is 3.25. The van der Waals surface area contributed by atoms with Crippen molar-refractivity contribution in [3.63, 3.8) is 0 Å². The SMILES string of the molecule is CN(C)c1nc(N[C@H]2CC[C@@H](NC(=O)c3csc([N+](=O)[O-])c3)CC2)nc2ccccc12. The van der Waals surface area contributed by atoms with Crippen molar-refractivity contribution in [3.8, 4) is 0 Å². The second kappa shape index (κ2) is 8.84. The summed E-state index contributed by atoms with van der Waals surface area (Å²) < 4.78 is 0. The van der Waals surface area contributed by atoms with Gasteiger partial charge in [0.15, 0.2) is 0 Å². The molecule has 4 rings (SSSR count). The van der Waals surface area contributed by atoms with Crippen molar-refractivity contribution in [3.05, 3.63) is 51.4 Å². The lowest BCUT2D eigenvalue weighted by Crippen LogP contribution is -2.40. The number of hydrogen-bond donors (Lipinski definition) is 2. The molecule has 0 aliphatic heterocycles. The highest BCUT2D eigenvalue weighted by Gasteiger charge is 2.25. The van der Waals surface area contributed by atoms with E-state index in [1.54, 1.807) is 0 Å². The molecule has 2 heterocycles. The Bertz CT molecular complexity index is 1110. The zero-order chi connectivity index (χ0) is 22.0. The molecule has 0 atom stereocenters. The van der Waals surface area contributed by atoms with Crippen molar-refractivity contribution in [1.29, 1.82) is 0 Å². The molecule has 1 aliphatic carbocycles. The van der Waals surface area contributed by atoms with E-state index in [-0.39, 0.29) is 23.0 Å². The molecular formula is C21H24N6O3S. The molecule has 2 N–H and O–H groups in total. The van der Waals surface area contributed by atoms with Crippen molar-refractivity contribution in [2.45, 2.75) is 37.8 Å². The predicted molar refractivity (Wildman–Crippen MR) is 122 cm³/mol. The number of carbonyl (C=O) groups is 1. The van der Waals surface area contributed by atoms with Gasteiger partial charge in [0.05, 0.1) is 16.0 Å². The van der Waals surface area contributed by atoms with Gasteiger partial charge in [-0.1, -0.05) is 23.5 Å². The molecule has 1 aromatic carbocycles. The molecule has 1 aliphatic rings. The molecule has 31 heavy (non-hydrogen) atoms. The first-order valence-electron chi connectivity index (χ1n) is 10.1. The Morgan fingerprint density at radius 2 is 1.87 bits per heavy atom. The number of carbonyl (C=O) groups excluding carboxylic acids is 1. The van der Waals surface area contributed by atoms with Crippen LogP contribution in [0.1, 0.15) is 36.0 Å². The van der Waals surface area contributed by atoms with Gasteiger partial charge in [-0.15, -0.1) is 0 Å². The van der Waals surface area contributed by atoms with Crippen LogP contribution >= 0.6 is 11.3 Å². The summed E-state index contributed by atoms with van der Waals surface area (Å²) in [6.07, 6.45) is 3.40. The fourth-order valence-corrected chi connectivity index (χ4v) is 4.54. The zero-order valence-electron chi connectivity index (χ0n) is 17.4. The van der Waals surface area contributed by atoms with Crippen LogP contribution in [0.25, 0.3) is 10.9 Å². The normalized spacial score (nSPS) is 18.5. The van der Waals surface area contributed by atoms with Gasteiger partial charge in [-0.3, -0.25) is 14.9 Å². The zero-order valence-corrected chi connectivity index (χ0v) is 18.2. The van der Waals surface area contributed by atoms with Crippen molar-refractivity contribution in [2.75, 3.05) is 24.3 Å². The van der Waals surface area contributed by atoms with Crippen LogP contribution in [0.2, 0.25) is 0 Å². The van der Waals surface area contributed by atoms with E-state index in [9.17, 15) is 14.9 Å². The quantitative estimate of drug-likeness (QED) is 0.442. The lowest BCUT2D eigenvalue weighted by molar-refractivity contribution is -0.380. The van der Waals surface area contributed by atoms with E-state index in [1.165, 1.54) is 11.4 Å². The topological polar surface area (TPSA) is 113 Å². The summed E-state index contributed by atoms with van der Waals surface area (Å²) in [7, 11) is 3.93. The number of thiophene rings is 1. The number of hydrogen-bond acceptors (Lipinski definition) is 8. The van der Waals surface area contributed by atoms with Crippen molar-refractivity contribution >= 4 is 44.9 Å². The Kier molecular flexibility index (Phi) is 5.99. The number of nitrogens with zero attached hydrogens (tertiary/aromatic N) is 4. The van der Waals surface area contributed by atoms with Crippen LogP contribution in [0.5, 0.6) is 0 Å². The maximum absolute atomic E-state index is 12.4. The van der Waals surface area contributed by atoms with Crippen molar-refractivity contribution in [1.82, 2.24) is 15.3 Å². The van der Waals surface area contributed by atoms with Gasteiger partial charge in [-0.2, -0.15) is 4.98 Å². The van der Waals surface area contributed by atoms with E-state index in [0.29, 0.717) is 11.5 Å². The van der Waals surface area contributed by atoms with Gasteiger partial charge < -0.3 is 15.5 Å². The highest BCUT2D eigenvalue weighted by atomic mass is 32.1. The molecule has 0 unspecified atom stereocenters. The third kappa shape index (κ3) is 4.74. The number of nitrogens with one attached hydrogen (secondary N) is 2. The molecule has 1 fully saturated rings. The number of fused-ring (bicyclic) bond motifs is 1. The lowest BCUT2D eigenvalue weighted by atomic mass is 9.91. The first kappa shape index (κ1) is 21.0. The summed E-state index contributed by atoms with van der Waals surface area (Å²) in [6, 6.07) is 9.56. The number of anilines is 2. The molecule has 1 amide bonds. The molecule has 10 heteroatoms. The number of amides is 1. The predicted octanol–water partition coefficient (Wildman–Crippen LogP) is 3.82. The number of benzene rings is 1. The average molecular weight is 441 g/mol. The maximum Gasteiger partial charge on any atom is 0.324 e. The third-order valence-electron chi connectivity index (χ3n) is 5.43. The van der Waals surface area contributed by atoms with Gasteiger partial charge in [0, 0.05) is 43.0 Å². The van der Waals surface area contributed by atoms with Crippen LogP contribution < -0.4 is 15.5 Å². The number of nitro groups is 1. The number of para-hydroxylation sites is 1. The Morgan fingerprint density at radius 3 is 2.55 bits per heavy atom. The van der Waals surface area contributed by atoms with Gasteiger partial charge in [0.1, 0.15) is 5.82 Å². The van der Waals surface area contributed by atoms with Crippen LogP contribution in [0, 0.1) is 10.1 Å². The molecule has 0 radical (unpaired) electrons. The fraction of sp³-hybridized carbons (Fsp3) is 0.381. The Hall–Kier alpha value is -3.27. The molecule has 0 bridgehead atoms.